The van der Waals surface area contributed by atoms with Gasteiger partial charge >= 0.3 is 5.56 Å². The molecule has 0 radical (unpaired) electrons. The van der Waals surface area contributed by atoms with Crippen LogP contribution in [0, 0.1) is 6.92 Å². The molecule has 3 aromatic rings. The molecule has 0 unspecified atom stereocenters. The molecule has 208 valence electrons. The normalized spacial score (nSPS) is 17.0. The first-order valence-corrected chi connectivity index (χ1v) is 14.9. The highest BCUT2D eigenvalue weighted by atomic mass is 35.5. The summed E-state index contributed by atoms with van der Waals surface area (Å²) in [6.45, 7) is 3.27. The Hall–Kier alpha value is -3.12. The number of anilines is 2. The lowest BCUT2D eigenvalue weighted by Crippen LogP contribution is -2.52. The molecule has 3 N–H and O–H groups in total. The Morgan fingerprint density at radius 3 is 2.54 bits per heavy atom. The van der Waals surface area contributed by atoms with Gasteiger partial charge in [0.1, 0.15) is 5.69 Å². The van der Waals surface area contributed by atoms with Crippen molar-refractivity contribution in [2.24, 2.45) is 0 Å². The third-order valence-electron chi connectivity index (χ3n) is 7.33. The summed E-state index contributed by atoms with van der Waals surface area (Å²) in [4.78, 5) is 15.6. The highest BCUT2D eigenvalue weighted by Gasteiger charge is 2.30. The van der Waals surface area contributed by atoms with Crippen molar-refractivity contribution in [3.63, 3.8) is 0 Å². The first kappa shape index (κ1) is 27.4. The molecule has 0 atom stereocenters. The summed E-state index contributed by atoms with van der Waals surface area (Å²) in [5.41, 5.74) is 9.08. The fraction of sp³-hybridized carbons (Fsp3) is 0.407. The molecule has 1 saturated heterocycles. The van der Waals surface area contributed by atoms with Crippen LogP contribution in [0.5, 0.6) is 5.75 Å². The van der Waals surface area contributed by atoms with E-state index in [1.54, 1.807) is 30.5 Å². The molecule has 2 heterocycles. The number of nitrogens with two attached hydrogens (primary N) is 1. The molecule has 10 nitrogen and oxygen atoms in total. The van der Waals surface area contributed by atoms with Crippen LogP contribution in [0.25, 0.3) is 5.69 Å². The smallest absolute Gasteiger partial charge is 0.316 e. The summed E-state index contributed by atoms with van der Waals surface area (Å²) in [5.74, 6) is 0.237. The molecule has 2 aromatic carbocycles. The van der Waals surface area contributed by atoms with Crippen molar-refractivity contribution in [3.05, 3.63) is 75.2 Å². The van der Waals surface area contributed by atoms with Gasteiger partial charge in [-0.3, -0.25) is 4.79 Å². The molecule has 2 aliphatic rings. The molecule has 0 spiro atoms. The van der Waals surface area contributed by atoms with E-state index in [2.05, 4.69) is 9.82 Å². The second-order valence-electron chi connectivity index (χ2n) is 9.94. The largest absolute Gasteiger partial charge is 0.483 e. The number of halogens is 1. The molecule has 2 fully saturated rings. The van der Waals surface area contributed by atoms with Crippen LogP contribution in [0.3, 0.4) is 0 Å². The standard InChI is InChI=1S/C27H33ClN6O4S/c1-19-6-4-7-20(25(19)29)17-31-39(36,37)33-14-12-32(13-15-33)24-18-30-34(22-9-5-8-21(28)16-22)27(35)26(24)38-23-10-2-3-11-23/h4-9,16,18,23,31H,2-3,10-15,17,29H2,1H3. The van der Waals surface area contributed by atoms with Gasteiger partial charge in [-0.2, -0.15) is 27.2 Å². The zero-order chi connectivity index (χ0) is 27.6. The first-order chi connectivity index (χ1) is 18.7. The zero-order valence-corrected chi connectivity index (χ0v) is 23.4. The molecule has 1 aliphatic heterocycles. The van der Waals surface area contributed by atoms with Crippen molar-refractivity contribution < 1.29 is 13.2 Å². The number of hydrogen-bond acceptors (Lipinski definition) is 7. The number of aryl methyl sites for hydroxylation is 1. The maximum atomic E-state index is 13.6. The number of piperazine rings is 1. The summed E-state index contributed by atoms with van der Waals surface area (Å²) in [7, 11) is -3.72. The van der Waals surface area contributed by atoms with Gasteiger partial charge in [0.15, 0.2) is 0 Å². The van der Waals surface area contributed by atoms with Gasteiger partial charge in [0, 0.05) is 43.4 Å². The molecular formula is C27H33ClN6O4S. The Morgan fingerprint density at radius 1 is 1.10 bits per heavy atom. The Labute approximate surface area is 233 Å². The number of nitrogens with zero attached hydrogens (tertiary/aromatic N) is 4. The maximum absolute atomic E-state index is 13.6. The predicted octanol–water partition coefficient (Wildman–Crippen LogP) is 3.25. The van der Waals surface area contributed by atoms with Gasteiger partial charge in [-0.05, 0) is 61.9 Å². The van der Waals surface area contributed by atoms with Crippen LogP contribution in [0.4, 0.5) is 11.4 Å². The average molecular weight is 573 g/mol. The van der Waals surface area contributed by atoms with E-state index in [0.717, 1.165) is 36.8 Å². The molecule has 0 bridgehead atoms. The number of benzene rings is 2. The molecule has 39 heavy (non-hydrogen) atoms. The van der Waals surface area contributed by atoms with Gasteiger partial charge in [-0.1, -0.05) is 35.9 Å². The molecule has 0 amide bonds. The summed E-state index contributed by atoms with van der Waals surface area (Å²) in [6, 6.07) is 12.5. The highest BCUT2D eigenvalue weighted by molar-refractivity contribution is 7.87. The number of hydrogen-bond donors (Lipinski definition) is 2. The van der Waals surface area contributed by atoms with Crippen molar-refractivity contribution in [2.75, 3.05) is 36.8 Å². The van der Waals surface area contributed by atoms with E-state index in [9.17, 15) is 13.2 Å². The van der Waals surface area contributed by atoms with E-state index < -0.39 is 10.2 Å². The zero-order valence-electron chi connectivity index (χ0n) is 21.8. The second kappa shape index (κ2) is 11.5. The van der Waals surface area contributed by atoms with E-state index in [0.29, 0.717) is 35.2 Å². The topological polar surface area (TPSA) is 123 Å². The van der Waals surface area contributed by atoms with Crippen LogP contribution in [-0.2, 0) is 16.8 Å². The second-order valence-corrected chi connectivity index (χ2v) is 12.1. The Morgan fingerprint density at radius 2 is 1.82 bits per heavy atom. The van der Waals surface area contributed by atoms with E-state index in [1.807, 2.05) is 30.0 Å². The van der Waals surface area contributed by atoms with Crippen molar-refractivity contribution in [3.8, 4) is 11.4 Å². The van der Waals surface area contributed by atoms with Crippen LogP contribution in [0.2, 0.25) is 5.02 Å². The quantitative estimate of drug-likeness (QED) is 0.397. The molecular weight excluding hydrogens is 540 g/mol. The molecule has 1 aromatic heterocycles. The molecule has 5 rings (SSSR count). The van der Waals surface area contributed by atoms with Gasteiger partial charge < -0.3 is 15.4 Å². The lowest BCUT2D eigenvalue weighted by molar-refractivity contribution is 0.205. The third-order valence-corrected chi connectivity index (χ3v) is 9.12. The average Bonchev–Trinajstić information content (AvgIpc) is 3.44. The Kier molecular flexibility index (Phi) is 8.13. The SMILES string of the molecule is Cc1cccc(CNS(=O)(=O)N2CCN(c3cnn(-c4cccc(Cl)c4)c(=O)c3OC3CCCC3)CC2)c1N. The van der Waals surface area contributed by atoms with Gasteiger partial charge in [0.05, 0.1) is 18.0 Å². The van der Waals surface area contributed by atoms with Crippen molar-refractivity contribution in [1.82, 2.24) is 18.8 Å². The van der Waals surface area contributed by atoms with Gasteiger partial charge in [-0.25, -0.2) is 0 Å². The number of rotatable bonds is 8. The summed E-state index contributed by atoms with van der Waals surface area (Å²) >= 11 is 6.15. The van der Waals surface area contributed by atoms with E-state index in [-0.39, 0.29) is 37.0 Å². The minimum absolute atomic E-state index is 0.0356. The van der Waals surface area contributed by atoms with Crippen LogP contribution in [-0.4, -0.2) is 54.8 Å². The van der Waals surface area contributed by atoms with Crippen molar-refractivity contribution in [2.45, 2.75) is 45.3 Å². The summed E-state index contributed by atoms with van der Waals surface area (Å²) in [6.07, 6.45) is 5.49. The molecule has 1 aliphatic carbocycles. The number of aromatic nitrogens is 2. The van der Waals surface area contributed by atoms with Gasteiger partial charge in [0.2, 0.25) is 5.75 Å². The highest BCUT2D eigenvalue weighted by Crippen LogP contribution is 2.30. The number of nitrogens with one attached hydrogen (secondary N) is 1. The minimum atomic E-state index is -3.72. The van der Waals surface area contributed by atoms with E-state index in [1.165, 1.54) is 8.99 Å². The molecule has 12 heteroatoms. The van der Waals surface area contributed by atoms with Crippen LogP contribution >= 0.6 is 11.6 Å². The number of para-hydroxylation sites is 1. The van der Waals surface area contributed by atoms with Crippen molar-refractivity contribution in [1.29, 1.82) is 0 Å². The Balaban J connectivity index is 1.33. The molecule has 1 saturated carbocycles. The van der Waals surface area contributed by atoms with E-state index in [4.69, 9.17) is 22.1 Å². The lowest BCUT2D eigenvalue weighted by Gasteiger charge is -2.36. The number of nitrogen functional groups attached to an aromatic ring is 1. The van der Waals surface area contributed by atoms with Gasteiger partial charge in [0.25, 0.3) is 10.2 Å². The maximum Gasteiger partial charge on any atom is 0.316 e. The predicted molar refractivity (Wildman–Crippen MR) is 153 cm³/mol. The van der Waals surface area contributed by atoms with Crippen LogP contribution in [0.1, 0.15) is 36.8 Å². The minimum Gasteiger partial charge on any atom is -0.483 e. The van der Waals surface area contributed by atoms with E-state index >= 15 is 0 Å². The monoisotopic (exact) mass is 572 g/mol. The third kappa shape index (κ3) is 6.06. The number of ether oxygens (including phenoxy) is 1. The fourth-order valence-corrected chi connectivity index (χ4v) is 6.40. The fourth-order valence-electron chi connectivity index (χ4n) is 5.06. The summed E-state index contributed by atoms with van der Waals surface area (Å²) in [5, 5.41) is 4.91. The van der Waals surface area contributed by atoms with Crippen LogP contribution < -0.4 is 25.7 Å². The summed E-state index contributed by atoms with van der Waals surface area (Å²) < 4.78 is 37.7. The lowest BCUT2D eigenvalue weighted by atomic mass is 10.1. The van der Waals surface area contributed by atoms with Gasteiger partial charge in [-0.15, -0.1) is 0 Å². The van der Waals surface area contributed by atoms with Crippen LogP contribution in [0.15, 0.2) is 53.5 Å². The Bertz CT molecular complexity index is 1500. The van der Waals surface area contributed by atoms with Crippen molar-refractivity contribution >= 4 is 33.2 Å². The first-order valence-electron chi connectivity index (χ1n) is 13.1.